The highest BCUT2D eigenvalue weighted by atomic mass is 32.2. The molecule has 5 nitrogen and oxygen atoms in total. The van der Waals surface area contributed by atoms with Crippen LogP contribution in [0.3, 0.4) is 0 Å². The Balaban J connectivity index is 2.15. The Morgan fingerprint density at radius 1 is 1.14 bits per heavy atom. The van der Waals surface area contributed by atoms with Crippen LogP contribution in [0.1, 0.15) is 16.7 Å². The number of nitrogens with two attached hydrogens (primary N) is 1. The summed E-state index contributed by atoms with van der Waals surface area (Å²) in [6, 6.07) is 11.8. The van der Waals surface area contributed by atoms with Crippen LogP contribution in [0.25, 0.3) is 0 Å². The maximum absolute atomic E-state index is 12.2. The van der Waals surface area contributed by atoms with Crippen molar-refractivity contribution in [1.29, 1.82) is 0 Å². The van der Waals surface area contributed by atoms with Crippen LogP contribution in [0.4, 0.5) is 5.69 Å². The molecule has 2 rings (SSSR count). The topological polar surface area (TPSA) is 92.4 Å². The van der Waals surface area contributed by atoms with Crippen molar-refractivity contribution < 1.29 is 13.5 Å². The summed E-state index contributed by atoms with van der Waals surface area (Å²) in [5, 5.41) is 9.07. The monoisotopic (exact) mass is 306 g/mol. The molecule has 6 heteroatoms. The Labute approximate surface area is 124 Å². The number of anilines is 1. The second kappa shape index (κ2) is 6.26. The van der Waals surface area contributed by atoms with Gasteiger partial charge in [0.25, 0.3) is 0 Å². The van der Waals surface area contributed by atoms with Crippen LogP contribution in [0.2, 0.25) is 0 Å². The second-order valence-corrected chi connectivity index (χ2v) is 6.59. The number of sulfonamides is 1. The number of hydrogen-bond acceptors (Lipinski definition) is 4. The number of aliphatic hydroxyl groups excluding tert-OH is 1. The highest BCUT2D eigenvalue weighted by molar-refractivity contribution is 7.89. The molecular formula is C15H18N2O3S. The molecule has 0 aliphatic carbocycles. The van der Waals surface area contributed by atoms with Crippen molar-refractivity contribution in [2.45, 2.75) is 25.0 Å². The van der Waals surface area contributed by atoms with E-state index < -0.39 is 10.0 Å². The van der Waals surface area contributed by atoms with Crippen molar-refractivity contribution in [3.05, 3.63) is 59.2 Å². The normalized spacial score (nSPS) is 11.5. The molecule has 0 saturated heterocycles. The minimum atomic E-state index is -3.61. The fourth-order valence-electron chi connectivity index (χ4n) is 1.89. The van der Waals surface area contributed by atoms with Crippen molar-refractivity contribution in [3.63, 3.8) is 0 Å². The summed E-state index contributed by atoms with van der Waals surface area (Å²) in [5.41, 5.74) is 8.55. The van der Waals surface area contributed by atoms with Crippen LogP contribution in [0.5, 0.6) is 0 Å². The molecule has 0 saturated carbocycles. The van der Waals surface area contributed by atoms with Crippen molar-refractivity contribution in [2.24, 2.45) is 0 Å². The first kappa shape index (κ1) is 15.5. The summed E-state index contributed by atoms with van der Waals surface area (Å²) in [5.74, 6) is 0. The van der Waals surface area contributed by atoms with E-state index in [0.717, 1.165) is 16.7 Å². The number of hydrogen-bond donors (Lipinski definition) is 3. The average Bonchev–Trinajstić information content (AvgIpc) is 2.48. The molecule has 0 unspecified atom stereocenters. The largest absolute Gasteiger partial charge is 0.398 e. The average molecular weight is 306 g/mol. The van der Waals surface area contributed by atoms with Crippen LogP contribution < -0.4 is 10.5 Å². The van der Waals surface area contributed by atoms with Gasteiger partial charge in [-0.3, -0.25) is 0 Å². The Morgan fingerprint density at radius 3 is 2.52 bits per heavy atom. The lowest BCUT2D eigenvalue weighted by Crippen LogP contribution is -2.23. The predicted octanol–water partition coefficient (Wildman–Crippen LogP) is 1.55. The quantitative estimate of drug-likeness (QED) is 0.731. The molecule has 0 bridgehead atoms. The van der Waals surface area contributed by atoms with Gasteiger partial charge in [0.2, 0.25) is 10.0 Å². The van der Waals surface area contributed by atoms with E-state index in [1.165, 1.54) is 12.1 Å². The van der Waals surface area contributed by atoms with E-state index in [2.05, 4.69) is 4.72 Å². The number of aryl methyl sites for hydroxylation is 1. The van der Waals surface area contributed by atoms with Crippen LogP contribution in [-0.4, -0.2) is 13.5 Å². The van der Waals surface area contributed by atoms with Crippen LogP contribution in [0, 0.1) is 6.92 Å². The zero-order valence-electron chi connectivity index (χ0n) is 11.7. The van der Waals surface area contributed by atoms with Crippen molar-refractivity contribution in [2.75, 3.05) is 5.73 Å². The first-order valence-corrected chi connectivity index (χ1v) is 7.95. The van der Waals surface area contributed by atoms with Gasteiger partial charge in [0.1, 0.15) is 0 Å². The minimum absolute atomic E-state index is 0.0743. The van der Waals surface area contributed by atoms with Gasteiger partial charge in [0.15, 0.2) is 0 Å². The Morgan fingerprint density at radius 2 is 1.86 bits per heavy atom. The summed E-state index contributed by atoms with van der Waals surface area (Å²) in [4.78, 5) is 0.143. The molecule has 21 heavy (non-hydrogen) atoms. The number of benzene rings is 2. The van der Waals surface area contributed by atoms with E-state index in [0.29, 0.717) is 5.69 Å². The molecule has 2 aromatic rings. The lowest BCUT2D eigenvalue weighted by atomic mass is 10.1. The Bertz CT molecular complexity index is 742. The van der Waals surface area contributed by atoms with E-state index in [9.17, 15) is 8.42 Å². The molecule has 0 heterocycles. The third kappa shape index (κ3) is 3.81. The molecule has 0 aliphatic rings. The van der Waals surface area contributed by atoms with Gasteiger partial charge in [-0.15, -0.1) is 0 Å². The van der Waals surface area contributed by atoms with E-state index in [4.69, 9.17) is 10.8 Å². The third-order valence-corrected chi connectivity index (χ3v) is 4.60. The maximum atomic E-state index is 12.2. The second-order valence-electron chi connectivity index (χ2n) is 4.82. The fraction of sp³-hybridized carbons (Fsp3) is 0.200. The summed E-state index contributed by atoms with van der Waals surface area (Å²) in [7, 11) is -3.61. The molecule has 0 amide bonds. The van der Waals surface area contributed by atoms with Crippen molar-refractivity contribution >= 4 is 15.7 Å². The number of aliphatic hydroxyl groups is 1. The lowest BCUT2D eigenvalue weighted by Gasteiger charge is -2.09. The first-order valence-electron chi connectivity index (χ1n) is 6.47. The van der Waals surface area contributed by atoms with Crippen molar-refractivity contribution in [1.82, 2.24) is 4.72 Å². The van der Waals surface area contributed by atoms with Gasteiger partial charge in [-0.2, -0.15) is 0 Å². The van der Waals surface area contributed by atoms with Gasteiger partial charge in [0.05, 0.1) is 11.5 Å². The van der Waals surface area contributed by atoms with Gasteiger partial charge in [-0.1, -0.05) is 30.3 Å². The van der Waals surface area contributed by atoms with Gasteiger partial charge in [0, 0.05) is 12.2 Å². The standard InChI is InChI=1S/C15H18N2O3S/c1-11-5-6-14(8-15(11)16)21(19,20)17-9-12-3-2-4-13(7-12)10-18/h2-8,17-18H,9-10,16H2,1H3. The van der Waals surface area contributed by atoms with E-state index in [1.54, 1.807) is 30.3 Å². The van der Waals surface area contributed by atoms with E-state index in [-0.39, 0.29) is 18.0 Å². The van der Waals surface area contributed by atoms with E-state index >= 15 is 0 Å². The summed E-state index contributed by atoms with van der Waals surface area (Å²) in [6.45, 7) is 1.90. The SMILES string of the molecule is Cc1ccc(S(=O)(=O)NCc2cccc(CO)c2)cc1N. The Hall–Kier alpha value is -1.89. The van der Waals surface area contributed by atoms with Gasteiger partial charge in [-0.05, 0) is 35.7 Å². The molecule has 0 radical (unpaired) electrons. The number of nitrogens with one attached hydrogen (secondary N) is 1. The number of rotatable bonds is 5. The molecule has 4 N–H and O–H groups in total. The molecular weight excluding hydrogens is 288 g/mol. The van der Waals surface area contributed by atoms with E-state index in [1.807, 2.05) is 6.92 Å². The summed E-state index contributed by atoms with van der Waals surface area (Å²) in [6.07, 6.45) is 0. The number of nitrogen functional groups attached to an aromatic ring is 1. The molecule has 2 aromatic carbocycles. The molecule has 0 aromatic heterocycles. The summed E-state index contributed by atoms with van der Waals surface area (Å²) >= 11 is 0. The first-order chi connectivity index (χ1) is 9.92. The minimum Gasteiger partial charge on any atom is -0.398 e. The zero-order valence-corrected chi connectivity index (χ0v) is 12.5. The zero-order chi connectivity index (χ0) is 15.5. The summed E-state index contributed by atoms with van der Waals surface area (Å²) < 4.78 is 26.9. The molecule has 0 spiro atoms. The van der Waals surface area contributed by atoms with Crippen molar-refractivity contribution in [3.8, 4) is 0 Å². The van der Waals surface area contributed by atoms with Gasteiger partial charge >= 0.3 is 0 Å². The maximum Gasteiger partial charge on any atom is 0.240 e. The molecule has 0 atom stereocenters. The highest BCUT2D eigenvalue weighted by Gasteiger charge is 2.14. The fourth-order valence-corrected chi connectivity index (χ4v) is 2.94. The Kier molecular flexibility index (Phi) is 4.62. The lowest BCUT2D eigenvalue weighted by molar-refractivity contribution is 0.281. The third-order valence-electron chi connectivity index (χ3n) is 3.20. The van der Waals surface area contributed by atoms with Crippen LogP contribution >= 0.6 is 0 Å². The predicted molar refractivity (Wildman–Crippen MR) is 82.0 cm³/mol. The molecule has 112 valence electrons. The molecule has 0 fully saturated rings. The van der Waals surface area contributed by atoms with Crippen LogP contribution in [0.15, 0.2) is 47.4 Å². The smallest absolute Gasteiger partial charge is 0.240 e. The van der Waals surface area contributed by atoms with Gasteiger partial charge < -0.3 is 10.8 Å². The van der Waals surface area contributed by atoms with Gasteiger partial charge in [-0.25, -0.2) is 13.1 Å². The highest BCUT2D eigenvalue weighted by Crippen LogP contribution is 2.17. The molecule has 0 aliphatic heterocycles. The van der Waals surface area contributed by atoms with Crippen LogP contribution in [-0.2, 0) is 23.2 Å².